The Hall–Kier alpha value is -1.86. The summed E-state index contributed by atoms with van der Waals surface area (Å²) in [6, 6.07) is 6.55. The molecule has 3 rings (SSSR count). The normalized spacial score (nSPS) is 19.6. The lowest BCUT2D eigenvalue weighted by Crippen LogP contribution is -2.49. The minimum atomic E-state index is 0.455. The Kier molecular flexibility index (Phi) is 8.84. The van der Waals surface area contributed by atoms with Crippen LogP contribution in [-0.4, -0.2) is 70.1 Å². The van der Waals surface area contributed by atoms with Gasteiger partial charge in [-0.25, -0.2) is 4.98 Å². The fourth-order valence-corrected chi connectivity index (χ4v) is 3.73. The van der Waals surface area contributed by atoms with Gasteiger partial charge >= 0.3 is 0 Å². The number of guanidine groups is 1. The minimum absolute atomic E-state index is 0.455. The van der Waals surface area contributed by atoms with Gasteiger partial charge in [0.15, 0.2) is 5.96 Å². The first kappa shape index (κ1) is 20.9. The van der Waals surface area contributed by atoms with Crippen molar-refractivity contribution in [1.82, 2.24) is 15.6 Å². The van der Waals surface area contributed by atoms with Crippen molar-refractivity contribution in [2.24, 2.45) is 10.9 Å². The van der Waals surface area contributed by atoms with E-state index in [9.17, 15) is 0 Å². The molecular formula is C21H35N5O2. The first-order chi connectivity index (χ1) is 13.8. The Balaban J connectivity index is 1.25. The van der Waals surface area contributed by atoms with Crippen LogP contribution < -0.4 is 15.5 Å². The molecule has 2 fully saturated rings. The van der Waals surface area contributed by atoms with Crippen LogP contribution in [0.5, 0.6) is 0 Å². The minimum Gasteiger partial charge on any atom is -0.381 e. The molecular weight excluding hydrogens is 354 g/mol. The Morgan fingerprint density at radius 3 is 2.79 bits per heavy atom. The molecule has 28 heavy (non-hydrogen) atoms. The molecule has 0 aromatic carbocycles. The molecule has 0 radical (unpaired) electrons. The zero-order chi connectivity index (χ0) is 19.4. The van der Waals surface area contributed by atoms with Crippen LogP contribution in [0.4, 0.5) is 5.82 Å². The standard InChI is InChI=1S/C21H35N5O2/c1-22-21(24-11-4-14-28-17-18-8-15-27-16-9-18)25-19-6-12-26(13-7-19)20-5-2-3-10-23-20/h2-3,5,10,18-19H,4,6-9,11-17H2,1H3,(H2,22,24,25). The van der Waals surface area contributed by atoms with Crippen molar-refractivity contribution in [3.05, 3.63) is 24.4 Å². The Bertz CT molecular complexity index is 569. The molecule has 7 heteroatoms. The van der Waals surface area contributed by atoms with Crippen molar-refractivity contribution in [3.8, 4) is 0 Å². The summed E-state index contributed by atoms with van der Waals surface area (Å²) in [7, 11) is 1.83. The summed E-state index contributed by atoms with van der Waals surface area (Å²) in [4.78, 5) is 11.2. The van der Waals surface area contributed by atoms with Crippen molar-refractivity contribution in [2.45, 2.75) is 38.1 Å². The number of nitrogens with one attached hydrogen (secondary N) is 2. The van der Waals surface area contributed by atoms with Crippen LogP contribution in [-0.2, 0) is 9.47 Å². The van der Waals surface area contributed by atoms with E-state index in [1.54, 1.807) is 0 Å². The second kappa shape index (κ2) is 11.9. The largest absolute Gasteiger partial charge is 0.381 e. The summed E-state index contributed by atoms with van der Waals surface area (Å²) in [6.45, 7) is 6.35. The lowest BCUT2D eigenvalue weighted by molar-refractivity contribution is 0.0203. The molecule has 2 saturated heterocycles. The Labute approximate surface area is 168 Å². The molecule has 0 spiro atoms. The molecule has 0 aliphatic carbocycles. The molecule has 1 aromatic rings. The molecule has 0 unspecified atom stereocenters. The van der Waals surface area contributed by atoms with Gasteiger partial charge in [-0.3, -0.25) is 4.99 Å². The monoisotopic (exact) mass is 389 g/mol. The van der Waals surface area contributed by atoms with E-state index in [2.05, 4.69) is 31.6 Å². The van der Waals surface area contributed by atoms with Crippen LogP contribution >= 0.6 is 0 Å². The highest BCUT2D eigenvalue weighted by molar-refractivity contribution is 5.79. The van der Waals surface area contributed by atoms with Gasteiger partial charge in [-0.15, -0.1) is 0 Å². The first-order valence-corrected chi connectivity index (χ1v) is 10.6. The molecule has 0 saturated carbocycles. The van der Waals surface area contributed by atoms with Gasteiger partial charge in [-0.1, -0.05) is 6.07 Å². The number of anilines is 1. The van der Waals surface area contributed by atoms with Gasteiger partial charge in [-0.2, -0.15) is 0 Å². The maximum absolute atomic E-state index is 5.83. The van der Waals surface area contributed by atoms with Crippen LogP contribution in [0.2, 0.25) is 0 Å². The van der Waals surface area contributed by atoms with Crippen LogP contribution in [0.3, 0.4) is 0 Å². The highest BCUT2D eigenvalue weighted by Crippen LogP contribution is 2.17. The zero-order valence-corrected chi connectivity index (χ0v) is 17.1. The van der Waals surface area contributed by atoms with Gasteiger partial charge < -0.3 is 25.0 Å². The Morgan fingerprint density at radius 1 is 1.25 bits per heavy atom. The van der Waals surface area contributed by atoms with Crippen molar-refractivity contribution >= 4 is 11.8 Å². The number of nitrogens with zero attached hydrogens (tertiary/aromatic N) is 3. The van der Waals surface area contributed by atoms with E-state index in [1.165, 1.54) is 0 Å². The van der Waals surface area contributed by atoms with E-state index in [1.807, 2.05) is 25.4 Å². The third kappa shape index (κ3) is 6.95. The summed E-state index contributed by atoms with van der Waals surface area (Å²) in [5.41, 5.74) is 0. The van der Waals surface area contributed by atoms with Crippen LogP contribution in [0, 0.1) is 5.92 Å². The fraction of sp³-hybridized carbons (Fsp3) is 0.714. The summed E-state index contributed by atoms with van der Waals surface area (Å²) in [6.07, 6.45) is 7.29. The maximum Gasteiger partial charge on any atom is 0.191 e. The highest BCUT2D eigenvalue weighted by Gasteiger charge is 2.20. The van der Waals surface area contributed by atoms with Gasteiger partial charge in [0, 0.05) is 65.3 Å². The van der Waals surface area contributed by atoms with E-state index < -0.39 is 0 Å². The molecule has 3 heterocycles. The first-order valence-electron chi connectivity index (χ1n) is 10.6. The van der Waals surface area contributed by atoms with Crippen molar-refractivity contribution in [3.63, 3.8) is 0 Å². The number of rotatable bonds is 8. The Morgan fingerprint density at radius 2 is 2.07 bits per heavy atom. The van der Waals surface area contributed by atoms with Gasteiger partial charge in [0.25, 0.3) is 0 Å². The van der Waals surface area contributed by atoms with Gasteiger partial charge in [0.2, 0.25) is 0 Å². The molecule has 2 aliphatic heterocycles. The fourth-order valence-electron chi connectivity index (χ4n) is 3.73. The third-order valence-electron chi connectivity index (χ3n) is 5.49. The molecule has 2 N–H and O–H groups in total. The summed E-state index contributed by atoms with van der Waals surface area (Å²) in [5, 5.41) is 6.97. The lowest BCUT2D eigenvalue weighted by atomic mass is 10.0. The van der Waals surface area contributed by atoms with Crippen molar-refractivity contribution in [1.29, 1.82) is 0 Å². The second-order valence-corrected chi connectivity index (χ2v) is 7.58. The molecule has 0 atom stereocenters. The van der Waals surface area contributed by atoms with Crippen LogP contribution in [0.25, 0.3) is 0 Å². The van der Waals surface area contributed by atoms with E-state index in [0.29, 0.717) is 12.0 Å². The smallest absolute Gasteiger partial charge is 0.191 e. The van der Waals surface area contributed by atoms with Gasteiger partial charge in [0.1, 0.15) is 5.82 Å². The summed E-state index contributed by atoms with van der Waals surface area (Å²) < 4.78 is 11.2. The SMILES string of the molecule is CN=C(NCCCOCC1CCOCC1)NC1CCN(c2ccccn2)CC1. The number of hydrogen-bond donors (Lipinski definition) is 2. The second-order valence-electron chi connectivity index (χ2n) is 7.58. The van der Waals surface area contributed by atoms with E-state index in [-0.39, 0.29) is 0 Å². The number of ether oxygens (including phenoxy) is 2. The van der Waals surface area contributed by atoms with E-state index in [0.717, 1.165) is 89.9 Å². The van der Waals surface area contributed by atoms with E-state index in [4.69, 9.17) is 9.47 Å². The number of hydrogen-bond acceptors (Lipinski definition) is 5. The average molecular weight is 390 g/mol. The zero-order valence-electron chi connectivity index (χ0n) is 17.1. The van der Waals surface area contributed by atoms with Crippen molar-refractivity contribution in [2.75, 3.05) is 58.0 Å². The van der Waals surface area contributed by atoms with Gasteiger partial charge in [-0.05, 0) is 50.2 Å². The number of pyridine rings is 1. The summed E-state index contributed by atoms with van der Waals surface area (Å²) >= 11 is 0. The predicted molar refractivity (Wildman–Crippen MR) is 113 cm³/mol. The number of piperidine rings is 1. The average Bonchev–Trinajstić information content (AvgIpc) is 2.77. The number of aromatic nitrogens is 1. The third-order valence-corrected chi connectivity index (χ3v) is 5.49. The molecule has 156 valence electrons. The molecule has 0 amide bonds. The van der Waals surface area contributed by atoms with Crippen LogP contribution in [0.1, 0.15) is 32.1 Å². The quantitative estimate of drug-likeness (QED) is 0.403. The van der Waals surface area contributed by atoms with Crippen LogP contribution in [0.15, 0.2) is 29.4 Å². The molecule has 0 bridgehead atoms. The maximum atomic E-state index is 5.83. The highest BCUT2D eigenvalue weighted by atomic mass is 16.5. The topological polar surface area (TPSA) is 71.0 Å². The summed E-state index contributed by atoms with van der Waals surface area (Å²) in [5.74, 6) is 2.64. The van der Waals surface area contributed by atoms with E-state index >= 15 is 0 Å². The lowest BCUT2D eigenvalue weighted by Gasteiger charge is -2.33. The van der Waals surface area contributed by atoms with Gasteiger partial charge in [0.05, 0.1) is 0 Å². The molecule has 1 aromatic heterocycles. The van der Waals surface area contributed by atoms with Crippen molar-refractivity contribution < 1.29 is 9.47 Å². The molecule has 7 nitrogen and oxygen atoms in total. The molecule has 2 aliphatic rings. The number of aliphatic imine (C=N–C) groups is 1. The predicted octanol–water partition coefficient (Wildman–Crippen LogP) is 2.05.